The Hall–Kier alpha value is -1.95. The summed E-state index contributed by atoms with van der Waals surface area (Å²) in [7, 11) is 1.62. The molecule has 0 aromatic heterocycles. The molecule has 1 fully saturated rings. The summed E-state index contributed by atoms with van der Waals surface area (Å²) >= 11 is 12.5. The second-order valence-electron chi connectivity index (χ2n) is 7.06. The largest absolute Gasteiger partial charge is 0.494 e. The minimum atomic E-state index is -0.103. The Labute approximate surface area is 182 Å². The number of nitrogens with zero attached hydrogens (tertiary/aromatic N) is 2. The number of piperazine rings is 1. The van der Waals surface area contributed by atoms with Crippen LogP contribution in [-0.4, -0.2) is 57.2 Å². The number of ether oxygens (including phenoxy) is 1. The normalized spacial score (nSPS) is 14.7. The monoisotopic (exact) mass is 435 g/mol. The minimum absolute atomic E-state index is 0.103. The fourth-order valence-electron chi connectivity index (χ4n) is 3.45. The number of benzene rings is 2. The molecule has 0 aliphatic carbocycles. The Morgan fingerprint density at radius 3 is 2.59 bits per heavy atom. The van der Waals surface area contributed by atoms with E-state index in [0.29, 0.717) is 22.2 Å². The van der Waals surface area contributed by atoms with Crippen molar-refractivity contribution in [3.63, 3.8) is 0 Å². The number of nitrogens with one attached hydrogen (secondary N) is 1. The van der Waals surface area contributed by atoms with E-state index in [9.17, 15) is 4.79 Å². The zero-order chi connectivity index (χ0) is 20.6. The highest BCUT2D eigenvalue weighted by molar-refractivity contribution is 6.43. The van der Waals surface area contributed by atoms with Gasteiger partial charge >= 0.3 is 0 Å². The fourth-order valence-corrected chi connectivity index (χ4v) is 3.86. The number of unbranched alkanes of at least 4 members (excludes halogenated alkanes) is 1. The van der Waals surface area contributed by atoms with Crippen molar-refractivity contribution in [3.8, 4) is 5.75 Å². The maximum absolute atomic E-state index is 11.7. The van der Waals surface area contributed by atoms with E-state index in [4.69, 9.17) is 27.9 Å². The predicted molar refractivity (Wildman–Crippen MR) is 120 cm³/mol. The first-order valence-corrected chi connectivity index (χ1v) is 10.7. The molecule has 7 heteroatoms. The standard InChI is InChI=1S/C22H27Cl2N3O2/c1-25-22(28)17-6-4-7-18(16-17)29-15-3-2-10-26-11-13-27(14-12-26)20-9-5-8-19(23)21(20)24/h4-9,16H,2-3,10-15H2,1H3,(H,25,28). The molecular formula is C22H27Cl2N3O2. The molecule has 5 nitrogen and oxygen atoms in total. The number of rotatable bonds is 8. The molecule has 1 N–H and O–H groups in total. The zero-order valence-corrected chi connectivity index (χ0v) is 18.2. The third-order valence-corrected chi connectivity index (χ3v) is 5.91. The van der Waals surface area contributed by atoms with Crippen LogP contribution in [0.5, 0.6) is 5.75 Å². The van der Waals surface area contributed by atoms with E-state index in [1.165, 1.54) is 0 Å². The van der Waals surface area contributed by atoms with E-state index in [-0.39, 0.29) is 5.91 Å². The van der Waals surface area contributed by atoms with Crippen LogP contribution in [0.3, 0.4) is 0 Å². The second-order valence-corrected chi connectivity index (χ2v) is 7.85. The van der Waals surface area contributed by atoms with Crippen LogP contribution in [-0.2, 0) is 0 Å². The highest BCUT2D eigenvalue weighted by Crippen LogP contribution is 2.32. The number of hydrogen-bond acceptors (Lipinski definition) is 4. The van der Waals surface area contributed by atoms with Gasteiger partial charge in [-0.1, -0.05) is 35.3 Å². The van der Waals surface area contributed by atoms with Crippen LogP contribution in [0, 0.1) is 0 Å². The summed E-state index contributed by atoms with van der Waals surface area (Å²) in [6.45, 7) is 5.62. The smallest absolute Gasteiger partial charge is 0.251 e. The van der Waals surface area contributed by atoms with E-state index >= 15 is 0 Å². The van der Waals surface area contributed by atoms with E-state index in [2.05, 4.69) is 15.1 Å². The summed E-state index contributed by atoms with van der Waals surface area (Å²) in [5.74, 6) is 0.631. The molecule has 2 aromatic rings. The van der Waals surface area contributed by atoms with Crippen molar-refractivity contribution in [2.75, 3.05) is 51.3 Å². The van der Waals surface area contributed by atoms with Gasteiger partial charge < -0.3 is 15.0 Å². The van der Waals surface area contributed by atoms with Gasteiger partial charge in [-0.15, -0.1) is 0 Å². The highest BCUT2D eigenvalue weighted by atomic mass is 35.5. The van der Waals surface area contributed by atoms with Gasteiger partial charge in [0.05, 0.1) is 22.3 Å². The van der Waals surface area contributed by atoms with Crippen LogP contribution < -0.4 is 15.0 Å². The lowest BCUT2D eigenvalue weighted by atomic mass is 10.2. The number of halogens is 2. The van der Waals surface area contributed by atoms with Crippen molar-refractivity contribution >= 4 is 34.8 Å². The maximum Gasteiger partial charge on any atom is 0.251 e. The summed E-state index contributed by atoms with van der Waals surface area (Å²) in [5.41, 5.74) is 1.63. The molecule has 3 rings (SSSR count). The maximum atomic E-state index is 11.7. The second kappa shape index (κ2) is 10.7. The van der Waals surface area contributed by atoms with Crippen molar-refractivity contribution in [3.05, 3.63) is 58.1 Å². The summed E-state index contributed by atoms with van der Waals surface area (Å²) in [6, 6.07) is 13.1. The lowest BCUT2D eigenvalue weighted by molar-refractivity contribution is 0.0962. The van der Waals surface area contributed by atoms with Crippen LogP contribution in [0.15, 0.2) is 42.5 Å². The van der Waals surface area contributed by atoms with Gasteiger partial charge in [0.1, 0.15) is 5.75 Å². The molecule has 0 unspecified atom stereocenters. The molecule has 1 heterocycles. The SMILES string of the molecule is CNC(=O)c1cccc(OCCCCN2CCN(c3cccc(Cl)c3Cl)CC2)c1. The lowest BCUT2D eigenvalue weighted by Crippen LogP contribution is -2.46. The molecule has 156 valence electrons. The molecule has 1 amide bonds. The van der Waals surface area contributed by atoms with Gasteiger partial charge in [-0.05, 0) is 49.7 Å². The van der Waals surface area contributed by atoms with Crippen molar-refractivity contribution in [2.45, 2.75) is 12.8 Å². The van der Waals surface area contributed by atoms with Crippen LogP contribution in [0.4, 0.5) is 5.69 Å². The summed E-state index contributed by atoms with van der Waals surface area (Å²) < 4.78 is 5.80. The van der Waals surface area contributed by atoms with Crippen molar-refractivity contribution < 1.29 is 9.53 Å². The van der Waals surface area contributed by atoms with Gasteiger partial charge in [0.2, 0.25) is 0 Å². The third-order valence-electron chi connectivity index (χ3n) is 5.10. The summed E-state index contributed by atoms with van der Waals surface area (Å²) in [4.78, 5) is 16.4. The number of carbonyl (C=O) groups excluding carboxylic acids is 1. The van der Waals surface area contributed by atoms with Crippen LogP contribution in [0.1, 0.15) is 23.2 Å². The van der Waals surface area contributed by atoms with Crippen molar-refractivity contribution in [1.29, 1.82) is 0 Å². The Bertz CT molecular complexity index is 823. The molecule has 0 radical (unpaired) electrons. The van der Waals surface area contributed by atoms with Crippen LogP contribution >= 0.6 is 23.2 Å². The van der Waals surface area contributed by atoms with E-state index in [1.54, 1.807) is 19.2 Å². The number of carbonyl (C=O) groups is 1. The summed E-state index contributed by atoms with van der Waals surface area (Å²) in [6.07, 6.45) is 2.05. The third kappa shape index (κ3) is 6.01. The van der Waals surface area contributed by atoms with Gasteiger partial charge in [0.25, 0.3) is 5.91 Å². The lowest BCUT2D eigenvalue weighted by Gasteiger charge is -2.36. The van der Waals surface area contributed by atoms with E-state index in [1.807, 2.05) is 30.3 Å². The average molecular weight is 436 g/mol. The predicted octanol–water partition coefficient (Wildman–Crippen LogP) is 4.33. The fraction of sp³-hybridized carbons (Fsp3) is 0.409. The first kappa shape index (κ1) is 21.8. The highest BCUT2D eigenvalue weighted by Gasteiger charge is 2.19. The van der Waals surface area contributed by atoms with Gasteiger partial charge in [-0.3, -0.25) is 9.69 Å². The summed E-state index contributed by atoms with van der Waals surface area (Å²) in [5, 5.41) is 3.87. The molecule has 1 aliphatic heterocycles. The molecule has 1 aliphatic rings. The van der Waals surface area contributed by atoms with Crippen LogP contribution in [0.25, 0.3) is 0 Å². The van der Waals surface area contributed by atoms with Gasteiger partial charge in [0, 0.05) is 38.8 Å². The quantitative estimate of drug-likeness (QED) is 0.626. The molecule has 1 saturated heterocycles. The first-order valence-electron chi connectivity index (χ1n) is 9.95. The van der Waals surface area contributed by atoms with E-state index < -0.39 is 0 Å². The van der Waals surface area contributed by atoms with Gasteiger partial charge in [-0.25, -0.2) is 0 Å². The average Bonchev–Trinajstić information content (AvgIpc) is 2.75. The first-order chi connectivity index (χ1) is 14.1. The van der Waals surface area contributed by atoms with E-state index in [0.717, 1.165) is 57.0 Å². The molecule has 29 heavy (non-hydrogen) atoms. The van der Waals surface area contributed by atoms with Crippen LogP contribution in [0.2, 0.25) is 10.0 Å². The number of anilines is 1. The zero-order valence-electron chi connectivity index (χ0n) is 16.7. The molecular weight excluding hydrogens is 409 g/mol. The Morgan fingerprint density at radius 2 is 1.83 bits per heavy atom. The van der Waals surface area contributed by atoms with Gasteiger partial charge in [-0.2, -0.15) is 0 Å². The minimum Gasteiger partial charge on any atom is -0.494 e. The molecule has 0 saturated carbocycles. The Kier molecular flexibility index (Phi) is 8.04. The number of amides is 1. The molecule has 0 atom stereocenters. The van der Waals surface area contributed by atoms with Gasteiger partial charge in [0.15, 0.2) is 0 Å². The van der Waals surface area contributed by atoms with Crippen molar-refractivity contribution in [1.82, 2.24) is 10.2 Å². The molecule has 0 spiro atoms. The molecule has 2 aromatic carbocycles. The topological polar surface area (TPSA) is 44.8 Å². The number of hydrogen-bond donors (Lipinski definition) is 1. The van der Waals surface area contributed by atoms with Crippen molar-refractivity contribution in [2.24, 2.45) is 0 Å². The Balaban J connectivity index is 1.35. The Morgan fingerprint density at radius 1 is 1.07 bits per heavy atom. The molecule has 0 bridgehead atoms.